The fourth-order valence-electron chi connectivity index (χ4n) is 11.7. The molecule has 5 heteroatoms. The van der Waals surface area contributed by atoms with Crippen LogP contribution in [0.3, 0.4) is 0 Å². The molecule has 0 aliphatic heterocycles. The van der Waals surface area contributed by atoms with E-state index in [1.54, 1.807) is 5.57 Å². The number of fused-ring (bicyclic) bond motifs is 8. The monoisotopic (exact) mass is 642 g/mol. The number of aryl methyl sites for hydroxylation is 2. The van der Waals surface area contributed by atoms with Gasteiger partial charge >= 0.3 is 11.6 Å². The van der Waals surface area contributed by atoms with Crippen LogP contribution in [0.15, 0.2) is 33.0 Å². The average molecular weight is 643 g/mol. The van der Waals surface area contributed by atoms with Crippen molar-refractivity contribution >= 4 is 16.9 Å². The summed E-state index contributed by atoms with van der Waals surface area (Å²) in [5.41, 5.74) is 5.27. The molecule has 47 heavy (non-hydrogen) atoms. The average Bonchev–Trinajstić information content (AvgIpc) is 3.65. The van der Waals surface area contributed by atoms with Gasteiger partial charge in [0.15, 0.2) is 6.61 Å². The summed E-state index contributed by atoms with van der Waals surface area (Å²) >= 11 is 0. The number of ether oxygens (including phenoxy) is 2. The summed E-state index contributed by atoms with van der Waals surface area (Å²) < 4.78 is 17.9. The molecule has 0 amide bonds. The lowest BCUT2D eigenvalue weighted by molar-refractivity contribution is -0.153. The van der Waals surface area contributed by atoms with Crippen LogP contribution >= 0.6 is 0 Å². The van der Waals surface area contributed by atoms with Crippen LogP contribution in [0.2, 0.25) is 0 Å². The van der Waals surface area contributed by atoms with Gasteiger partial charge in [-0.05, 0) is 141 Å². The molecule has 1 aromatic carbocycles. The van der Waals surface area contributed by atoms with Gasteiger partial charge in [-0.2, -0.15) is 0 Å². The first-order chi connectivity index (χ1) is 22.5. The smallest absolute Gasteiger partial charge is 0.344 e. The van der Waals surface area contributed by atoms with E-state index in [-0.39, 0.29) is 29.7 Å². The van der Waals surface area contributed by atoms with Crippen molar-refractivity contribution in [1.29, 1.82) is 0 Å². The minimum Gasteiger partial charge on any atom is -0.481 e. The van der Waals surface area contributed by atoms with Crippen molar-refractivity contribution < 1.29 is 18.7 Å². The summed E-state index contributed by atoms with van der Waals surface area (Å²) in [4.78, 5) is 25.7. The van der Waals surface area contributed by atoms with Crippen molar-refractivity contribution in [2.45, 2.75) is 138 Å². The van der Waals surface area contributed by atoms with E-state index in [2.05, 4.69) is 40.7 Å². The van der Waals surface area contributed by atoms with Crippen LogP contribution in [0, 0.1) is 53.3 Å². The number of benzene rings is 1. The number of esters is 1. The van der Waals surface area contributed by atoms with Crippen LogP contribution < -0.4 is 10.4 Å². The van der Waals surface area contributed by atoms with Crippen molar-refractivity contribution in [3.63, 3.8) is 0 Å². The van der Waals surface area contributed by atoms with Gasteiger partial charge in [-0.1, -0.05) is 65.5 Å². The molecule has 0 N–H and O–H groups in total. The van der Waals surface area contributed by atoms with Crippen molar-refractivity contribution in [2.24, 2.45) is 46.3 Å². The minimum atomic E-state index is -0.315. The molecule has 0 bridgehead atoms. The lowest BCUT2D eigenvalue weighted by atomic mass is 9.47. The zero-order valence-corrected chi connectivity index (χ0v) is 29.9. The maximum Gasteiger partial charge on any atom is 0.344 e. The van der Waals surface area contributed by atoms with Crippen LogP contribution in [0.4, 0.5) is 0 Å². The summed E-state index contributed by atoms with van der Waals surface area (Å²) in [5.74, 6) is 5.24. The zero-order chi connectivity index (χ0) is 33.1. The molecule has 0 unspecified atom stereocenters. The van der Waals surface area contributed by atoms with Gasteiger partial charge in [0, 0.05) is 12.0 Å². The van der Waals surface area contributed by atoms with E-state index in [1.165, 1.54) is 51.4 Å². The molecule has 8 atom stereocenters. The Morgan fingerprint density at radius 3 is 2.62 bits per heavy atom. The molecule has 5 aliphatic rings. The molecule has 7 rings (SSSR count). The van der Waals surface area contributed by atoms with Gasteiger partial charge < -0.3 is 13.9 Å². The maximum absolute atomic E-state index is 13.2. The van der Waals surface area contributed by atoms with Gasteiger partial charge in [-0.15, -0.1) is 0 Å². The summed E-state index contributed by atoms with van der Waals surface area (Å²) in [7, 11) is 0. The van der Waals surface area contributed by atoms with Gasteiger partial charge in [0.05, 0.1) is 5.39 Å². The van der Waals surface area contributed by atoms with Crippen LogP contribution in [0.1, 0.15) is 128 Å². The molecular weight excluding hydrogens is 584 g/mol. The quantitative estimate of drug-likeness (QED) is 0.155. The largest absolute Gasteiger partial charge is 0.481 e. The highest BCUT2D eigenvalue weighted by Gasteiger charge is 2.59. The van der Waals surface area contributed by atoms with Gasteiger partial charge in [-0.25, -0.2) is 9.59 Å². The van der Waals surface area contributed by atoms with Crippen molar-refractivity contribution in [1.82, 2.24) is 0 Å². The highest BCUT2D eigenvalue weighted by molar-refractivity contribution is 5.89. The summed E-state index contributed by atoms with van der Waals surface area (Å²) in [5, 5.41) is 0.837. The molecule has 5 aliphatic carbocycles. The number of allylic oxidation sites excluding steroid dienone is 1. The van der Waals surface area contributed by atoms with Crippen molar-refractivity contribution in [2.75, 3.05) is 6.61 Å². The molecule has 2 aromatic rings. The Morgan fingerprint density at radius 2 is 1.81 bits per heavy atom. The molecule has 5 nitrogen and oxygen atoms in total. The summed E-state index contributed by atoms with van der Waals surface area (Å²) in [6.07, 6.45) is 18.8. The third-order valence-electron chi connectivity index (χ3n) is 14.1. The normalized spacial score (nSPS) is 33.5. The molecule has 0 spiro atoms. The molecule has 256 valence electrons. The number of carbonyl (C=O) groups is 1. The van der Waals surface area contributed by atoms with E-state index in [9.17, 15) is 9.59 Å². The molecule has 0 saturated heterocycles. The lowest BCUT2D eigenvalue weighted by Gasteiger charge is -2.58. The Morgan fingerprint density at radius 1 is 1.00 bits per heavy atom. The highest BCUT2D eigenvalue weighted by Crippen LogP contribution is 2.67. The molecule has 3 saturated carbocycles. The van der Waals surface area contributed by atoms with Gasteiger partial charge in [0.2, 0.25) is 0 Å². The van der Waals surface area contributed by atoms with E-state index in [1.807, 2.05) is 19.1 Å². The highest BCUT2D eigenvalue weighted by atomic mass is 16.6. The fourth-order valence-corrected chi connectivity index (χ4v) is 11.7. The topological polar surface area (TPSA) is 65.7 Å². The number of carbonyl (C=O) groups excluding carboxylic acids is 1. The number of hydrogen-bond donors (Lipinski definition) is 0. The third kappa shape index (κ3) is 5.90. The van der Waals surface area contributed by atoms with Crippen LogP contribution in [0.5, 0.6) is 5.75 Å². The van der Waals surface area contributed by atoms with Crippen molar-refractivity contribution in [3.05, 3.63) is 50.9 Å². The van der Waals surface area contributed by atoms with Gasteiger partial charge in [0.25, 0.3) is 0 Å². The number of hydrogen-bond acceptors (Lipinski definition) is 5. The predicted molar refractivity (Wildman–Crippen MR) is 188 cm³/mol. The second kappa shape index (κ2) is 12.7. The Hall–Kier alpha value is -2.56. The fraction of sp³-hybridized carbons (Fsp3) is 0.714. The first-order valence-corrected chi connectivity index (χ1v) is 19.1. The molecule has 0 radical (unpaired) electrons. The Kier molecular flexibility index (Phi) is 8.92. The van der Waals surface area contributed by atoms with Crippen LogP contribution in [-0.4, -0.2) is 18.7 Å². The van der Waals surface area contributed by atoms with Gasteiger partial charge in [-0.3, -0.25) is 0 Å². The van der Waals surface area contributed by atoms with E-state index >= 15 is 0 Å². The third-order valence-corrected chi connectivity index (χ3v) is 14.1. The molecular formula is C42H58O5. The van der Waals surface area contributed by atoms with Crippen LogP contribution in [-0.2, 0) is 22.4 Å². The standard InChI is InChI=1S/C42H58O5/c1-25(2)9-7-10-27(4)33-15-16-34-32-14-13-28-23-29(17-19-41(28,5)35(32)18-20-42(33,34)6)46-38(43)24-45-36-21-26(3)22-37-39(36)30-11-8-12-31(30)40(44)47-37/h13,21-22,25,27,29,32-35H,7-12,14-20,23-24H2,1-6H3/t27-,29+,32+,33-,34+,35+,41+,42-/m0/s1. The first kappa shape index (κ1) is 33.0. The van der Waals surface area contributed by atoms with E-state index < -0.39 is 0 Å². The van der Waals surface area contributed by atoms with E-state index in [4.69, 9.17) is 13.9 Å². The first-order valence-electron chi connectivity index (χ1n) is 19.1. The Balaban J connectivity index is 0.987. The number of rotatable bonds is 9. The molecule has 1 heterocycles. The second-order valence-electron chi connectivity index (χ2n) is 17.3. The van der Waals surface area contributed by atoms with Crippen molar-refractivity contribution in [3.8, 4) is 5.75 Å². The summed E-state index contributed by atoms with van der Waals surface area (Å²) in [6.45, 7) is 14.3. The summed E-state index contributed by atoms with van der Waals surface area (Å²) in [6, 6.07) is 3.83. The van der Waals surface area contributed by atoms with E-state index in [0.717, 1.165) is 96.1 Å². The molecule has 1 aromatic heterocycles. The van der Waals surface area contributed by atoms with E-state index in [0.29, 0.717) is 16.7 Å². The minimum absolute atomic E-state index is 0.0881. The Labute approximate surface area is 282 Å². The SMILES string of the molecule is Cc1cc(OCC(=O)O[C@@H]2CC[C@]3(C)C(=CC[C@@H]4[C@H]5CC[C@@H]([C@@H](C)CCCC(C)C)[C@]5(C)CC[C@H]43)C2)c2c3c(c(=O)oc2c1)CCC3. The van der Waals surface area contributed by atoms with Gasteiger partial charge in [0.1, 0.15) is 17.4 Å². The van der Waals surface area contributed by atoms with Crippen LogP contribution in [0.25, 0.3) is 11.0 Å². The zero-order valence-electron chi connectivity index (χ0n) is 29.9. The Bertz CT molecular complexity index is 1600. The maximum atomic E-state index is 13.2. The lowest BCUT2D eigenvalue weighted by Crippen LogP contribution is -2.51. The molecule has 3 fully saturated rings. The second-order valence-corrected chi connectivity index (χ2v) is 17.3. The predicted octanol–water partition coefficient (Wildman–Crippen LogP) is 9.92.